The number of hydrogen-bond donors (Lipinski definition) is 1. The molecule has 0 atom stereocenters. The van der Waals surface area contributed by atoms with Crippen LogP contribution in [0.15, 0.2) is 94.1 Å². The van der Waals surface area contributed by atoms with Crippen molar-refractivity contribution in [2.45, 2.75) is 13.0 Å². The van der Waals surface area contributed by atoms with Gasteiger partial charge in [0.25, 0.3) is 0 Å². The van der Waals surface area contributed by atoms with Gasteiger partial charge in [-0.1, -0.05) is 60.7 Å². The lowest BCUT2D eigenvalue weighted by Crippen LogP contribution is -2.18. The van der Waals surface area contributed by atoms with Gasteiger partial charge in [-0.3, -0.25) is 5.32 Å². The molecule has 29 heavy (non-hydrogen) atoms. The molecule has 144 valence electrons. The summed E-state index contributed by atoms with van der Waals surface area (Å²) in [6.07, 6.45) is -1.14. The van der Waals surface area contributed by atoms with E-state index >= 15 is 0 Å². The SMILES string of the molecule is Cc1cc(=O)oc2cc(NC(=O)OC(c3ccccc3)c3ccccc3)ccc12. The molecule has 0 saturated carbocycles. The maximum absolute atomic E-state index is 12.6. The highest BCUT2D eigenvalue weighted by Gasteiger charge is 2.19. The normalized spacial score (nSPS) is 10.8. The number of ether oxygens (including phenoxy) is 1. The number of hydrogen-bond acceptors (Lipinski definition) is 4. The van der Waals surface area contributed by atoms with E-state index in [9.17, 15) is 9.59 Å². The number of carbonyl (C=O) groups excluding carboxylic acids is 1. The third-order valence-corrected chi connectivity index (χ3v) is 4.63. The van der Waals surface area contributed by atoms with Crippen LogP contribution in [-0.2, 0) is 4.74 Å². The monoisotopic (exact) mass is 385 g/mol. The molecule has 0 saturated heterocycles. The van der Waals surface area contributed by atoms with Crippen LogP contribution in [0.4, 0.5) is 10.5 Å². The van der Waals surface area contributed by atoms with Crippen molar-refractivity contribution in [1.29, 1.82) is 0 Å². The van der Waals surface area contributed by atoms with E-state index in [1.807, 2.05) is 67.6 Å². The van der Waals surface area contributed by atoms with Crippen LogP contribution < -0.4 is 10.9 Å². The van der Waals surface area contributed by atoms with Crippen molar-refractivity contribution in [2.75, 3.05) is 5.32 Å². The standard InChI is InChI=1S/C24H19NO4/c1-16-14-22(26)28-21-15-19(12-13-20(16)21)25-24(27)29-23(17-8-4-2-5-9-17)18-10-6-3-7-11-18/h2-15,23H,1H3,(H,25,27). The van der Waals surface area contributed by atoms with Crippen LogP contribution in [0.1, 0.15) is 22.8 Å². The molecule has 0 fully saturated rings. The minimum absolute atomic E-state index is 0.412. The first kappa shape index (κ1) is 18.5. The molecule has 5 heteroatoms. The Balaban J connectivity index is 1.58. The maximum Gasteiger partial charge on any atom is 0.412 e. The van der Waals surface area contributed by atoms with Gasteiger partial charge < -0.3 is 9.15 Å². The average molecular weight is 385 g/mol. The van der Waals surface area contributed by atoms with Gasteiger partial charge in [0.05, 0.1) is 0 Å². The molecule has 1 amide bonds. The van der Waals surface area contributed by atoms with Crippen LogP contribution >= 0.6 is 0 Å². The summed E-state index contributed by atoms with van der Waals surface area (Å²) in [5.41, 5.74) is 3.02. The summed E-state index contributed by atoms with van der Waals surface area (Å²) in [7, 11) is 0. The molecule has 0 radical (unpaired) electrons. The number of rotatable bonds is 4. The van der Waals surface area contributed by atoms with Gasteiger partial charge in [0.1, 0.15) is 5.58 Å². The van der Waals surface area contributed by atoms with Gasteiger partial charge in [-0.15, -0.1) is 0 Å². The second kappa shape index (κ2) is 8.02. The van der Waals surface area contributed by atoms with Gasteiger partial charge in [0.2, 0.25) is 0 Å². The number of carbonyl (C=O) groups is 1. The van der Waals surface area contributed by atoms with E-state index in [0.717, 1.165) is 22.1 Å². The quantitative estimate of drug-likeness (QED) is 0.475. The Labute approximate surface area is 167 Å². The van der Waals surface area contributed by atoms with Crippen LogP contribution in [0, 0.1) is 6.92 Å². The van der Waals surface area contributed by atoms with E-state index in [4.69, 9.17) is 9.15 Å². The number of fused-ring (bicyclic) bond motifs is 1. The van der Waals surface area contributed by atoms with Crippen molar-refractivity contribution in [3.63, 3.8) is 0 Å². The van der Waals surface area contributed by atoms with Crippen molar-refractivity contribution >= 4 is 22.7 Å². The molecule has 1 heterocycles. The summed E-state index contributed by atoms with van der Waals surface area (Å²) < 4.78 is 11.0. The van der Waals surface area contributed by atoms with Crippen LogP contribution in [-0.4, -0.2) is 6.09 Å². The molecule has 0 aliphatic heterocycles. The Morgan fingerprint density at radius 1 is 0.897 bits per heavy atom. The first-order valence-electron chi connectivity index (χ1n) is 9.22. The molecule has 1 aromatic heterocycles. The zero-order valence-corrected chi connectivity index (χ0v) is 15.8. The van der Waals surface area contributed by atoms with Gasteiger partial charge in [-0.05, 0) is 35.7 Å². The molecule has 3 aromatic carbocycles. The van der Waals surface area contributed by atoms with E-state index in [0.29, 0.717) is 11.3 Å². The van der Waals surface area contributed by atoms with Crippen molar-refractivity contribution in [2.24, 2.45) is 0 Å². The summed E-state index contributed by atoms with van der Waals surface area (Å²) in [5, 5.41) is 3.53. The van der Waals surface area contributed by atoms with Crippen molar-refractivity contribution < 1.29 is 13.9 Å². The minimum atomic E-state index is -0.600. The predicted octanol–water partition coefficient (Wildman–Crippen LogP) is 5.44. The van der Waals surface area contributed by atoms with Gasteiger partial charge in [-0.25, -0.2) is 9.59 Å². The van der Waals surface area contributed by atoms with Gasteiger partial charge in [-0.2, -0.15) is 0 Å². The van der Waals surface area contributed by atoms with Crippen molar-refractivity contribution in [3.8, 4) is 0 Å². The number of aryl methyl sites for hydroxylation is 1. The van der Waals surface area contributed by atoms with Crippen LogP contribution in [0.5, 0.6) is 0 Å². The smallest absolute Gasteiger partial charge is 0.412 e. The molecule has 4 aromatic rings. The van der Waals surface area contributed by atoms with E-state index in [2.05, 4.69) is 5.32 Å². The fraction of sp³-hybridized carbons (Fsp3) is 0.0833. The van der Waals surface area contributed by atoms with Crippen molar-refractivity contribution in [1.82, 2.24) is 0 Å². The highest BCUT2D eigenvalue weighted by atomic mass is 16.6. The Kier molecular flexibility index (Phi) is 5.12. The van der Waals surface area contributed by atoms with Gasteiger partial charge >= 0.3 is 11.7 Å². The maximum atomic E-state index is 12.6. The highest BCUT2D eigenvalue weighted by Crippen LogP contribution is 2.27. The molecule has 0 aliphatic rings. The number of nitrogens with one attached hydrogen (secondary N) is 1. The predicted molar refractivity (Wildman–Crippen MR) is 112 cm³/mol. The zero-order chi connectivity index (χ0) is 20.2. The minimum Gasteiger partial charge on any atom is -0.436 e. The third kappa shape index (κ3) is 4.19. The molecule has 4 rings (SSSR count). The second-order valence-electron chi connectivity index (χ2n) is 6.69. The molecule has 0 unspecified atom stereocenters. The summed E-state index contributed by atoms with van der Waals surface area (Å²) in [6.45, 7) is 1.84. The summed E-state index contributed by atoms with van der Waals surface area (Å²) in [6, 6.07) is 25.7. The molecule has 0 spiro atoms. The molecule has 1 N–H and O–H groups in total. The first-order chi connectivity index (χ1) is 14.1. The van der Waals surface area contributed by atoms with Gasteiger partial charge in [0.15, 0.2) is 6.10 Å². The molecular weight excluding hydrogens is 366 g/mol. The molecule has 0 bridgehead atoms. The second-order valence-corrected chi connectivity index (χ2v) is 6.69. The zero-order valence-electron chi connectivity index (χ0n) is 15.8. The molecule has 0 aliphatic carbocycles. The lowest BCUT2D eigenvalue weighted by Gasteiger charge is -2.19. The van der Waals surface area contributed by atoms with Crippen LogP contribution in [0.2, 0.25) is 0 Å². The Bertz CT molecular complexity index is 1160. The summed E-state index contributed by atoms with van der Waals surface area (Å²) in [4.78, 5) is 24.2. The largest absolute Gasteiger partial charge is 0.436 e. The lowest BCUT2D eigenvalue weighted by molar-refractivity contribution is 0.131. The number of benzene rings is 3. The Morgan fingerprint density at radius 2 is 1.52 bits per heavy atom. The van der Waals surface area contributed by atoms with Crippen molar-refractivity contribution in [3.05, 3.63) is 112 Å². The lowest BCUT2D eigenvalue weighted by atomic mass is 10.0. The summed E-state index contributed by atoms with van der Waals surface area (Å²) >= 11 is 0. The van der Waals surface area contributed by atoms with E-state index in [-0.39, 0.29) is 0 Å². The fourth-order valence-electron chi connectivity index (χ4n) is 3.24. The summed E-state index contributed by atoms with van der Waals surface area (Å²) in [5.74, 6) is 0. The van der Waals surface area contributed by atoms with E-state index in [1.54, 1.807) is 18.2 Å². The van der Waals surface area contributed by atoms with Crippen LogP contribution in [0.3, 0.4) is 0 Å². The number of anilines is 1. The molecule has 5 nitrogen and oxygen atoms in total. The Hall–Kier alpha value is -3.86. The van der Waals surface area contributed by atoms with Gasteiger partial charge in [0, 0.05) is 23.2 Å². The molecular formula is C24H19NO4. The van der Waals surface area contributed by atoms with E-state index in [1.165, 1.54) is 6.07 Å². The highest BCUT2D eigenvalue weighted by molar-refractivity contribution is 5.90. The first-order valence-corrected chi connectivity index (χ1v) is 9.22. The third-order valence-electron chi connectivity index (χ3n) is 4.63. The Morgan fingerprint density at radius 3 is 2.14 bits per heavy atom. The topological polar surface area (TPSA) is 68.5 Å². The average Bonchev–Trinajstić information content (AvgIpc) is 2.73. The van der Waals surface area contributed by atoms with Crippen LogP contribution in [0.25, 0.3) is 11.0 Å². The fourth-order valence-corrected chi connectivity index (χ4v) is 3.24. The van der Waals surface area contributed by atoms with E-state index < -0.39 is 17.8 Å². The number of amides is 1.